The summed E-state index contributed by atoms with van der Waals surface area (Å²) in [5, 5.41) is 13.7. The molecule has 0 saturated carbocycles. The molecule has 0 atom stereocenters. The second-order valence-corrected chi connectivity index (χ2v) is 4.12. The molecule has 1 aliphatic heterocycles. The number of rotatable bonds is 2. The van der Waals surface area contributed by atoms with Gasteiger partial charge in [0.2, 0.25) is 5.82 Å². The van der Waals surface area contributed by atoms with E-state index in [1.54, 1.807) is 0 Å². The molecule has 0 amide bonds. The van der Waals surface area contributed by atoms with Gasteiger partial charge in [-0.3, -0.25) is 10.1 Å². The van der Waals surface area contributed by atoms with Crippen molar-refractivity contribution in [3.63, 3.8) is 0 Å². The van der Waals surface area contributed by atoms with Crippen molar-refractivity contribution >= 4 is 5.69 Å². The number of nitro benzene ring substituents is 1. The van der Waals surface area contributed by atoms with Crippen LogP contribution in [0, 0.1) is 21.7 Å². The average Bonchev–Trinajstić information content (AvgIpc) is 2.33. The molecule has 1 aromatic carbocycles. The summed E-state index contributed by atoms with van der Waals surface area (Å²) in [6.07, 6.45) is 1.56. The number of nitrogens with zero attached hydrogens (tertiary/aromatic N) is 1. The summed E-state index contributed by atoms with van der Waals surface area (Å²) >= 11 is 0. The third-order valence-corrected chi connectivity index (χ3v) is 3.04. The van der Waals surface area contributed by atoms with Crippen LogP contribution in [0.1, 0.15) is 24.3 Å². The Balaban J connectivity index is 2.37. The SMILES string of the molecule is O=[N+]([O-])c1cc(C2CCNCC2)cc(F)c1F. The summed E-state index contributed by atoms with van der Waals surface area (Å²) in [5.74, 6) is -2.47. The van der Waals surface area contributed by atoms with Gasteiger partial charge in [0.25, 0.3) is 0 Å². The van der Waals surface area contributed by atoms with Gasteiger partial charge in [-0.1, -0.05) is 0 Å². The lowest BCUT2D eigenvalue weighted by Gasteiger charge is -2.22. The van der Waals surface area contributed by atoms with Gasteiger partial charge < -0.3 is 5.32 Å². The summed E-state index contributed by atoms with van der Waals surface area (Å²) in [7, 11) is 0. The van der Waals surface area contributed by atoms with E-state index in [0.29, 0.717) is 5.56 Å². The van der Waals surface area contributed by atoms with Crippen LogP contribution in [0.4, 0.5) is 14.5 Å². The number of hydrogen-bond acceptors (Lipinski definition) is 3. The van der Waals surface area contributed by atoms with Crippen LogP contribution in [0.2, 0.25) is 0 Å². The highest BCUT2D eigenvalue weighted by atomic mass is 19.2. The number of halogens is 2. The van der Waals surface area contributed by atoms with Gasteiger partial charge >= 0.3 is 5.69 Å². The van der Waals surface area contributed by atoms with Gasteiger partial charge in [0, 0.05) is 6.07 Å². The lowest BCUT2D eigenvalue weighted by atomic mass is 9.90. The molecule has 1 fully saturated rings. The van der Waals surface area contributed by atoms with Crippen molar-refractivity contribution in [1.82, 2.24) is 5.32 Å². The number of piperidine rings is 1. The third kappa shape index (κ3) is 2.41. The highest BCUT2D eigenvalue weighted by molar-refractivity contribution is 5.38. The fourth-order valence-electron chi connectivity index (χ4n) is 2.12. The molecule has 4 nitrogen and oxygen atoms in total. The zero-order valence-electron chi connectivity index (χ0n) is 9.08. The normalized spacial score (nSPS) is 17.1. The maximum absolute atomic E-state index is 13.3. The lowest BCUT2D eigenvalue weighted by Crippen LogP contribution is -2.26. The van der Waals surface area contributed by atoms with Gasteiger partial charge in [-0.15, -0.1) is 0 Å². The molecule has 1 heterocycles. The third-order valence-electron chi connectivity index (χ3n) is 3.04. The standard InChI is InChI=1S/C11H12F2N2O2/c12-9-5-8(7-1-3-14-4-2-7)6-10(11(9)13)15(16)17/h5-7,14H,1-4H2. The van der Waals surface area contributed by atoms with Crippen LogP contribution in [-0.2, 0) is 0 Å². The largest absolute Gasteiger partial charge is 0.317 e. The van der Waals surface area contributed by atoms with Crippen molar-refractivity contribution in [3.05, 3.63) is 39.4 Å². The fraction of sp³-hybridized carbons (Fsp3) is 0.455. The molecule has 0 radical (unpaired) electrons. The van der Waals surface area contributed by atoms with Crippen molar-refractivity contribution in [1.29, 1.82) is 0 Å². The molecule has 1 aliphatic rings. The molecule has 0 aliphatic carbocycles. The minimum atomic E-state index is -1.38. The molecule has 0 spiro atoms. The Kier molecular flexibility index (Phi) is 3.33. The van der Waals surface area contributed by atoms with E-state index in [1.807, 2.05) is 0 Å². The van der Waals surface area contributed by atoms with Crippen LogP contribution in [0.25, 0.3) is 0 Å². The van der Waals surface area contributed by atoms with Crippen molar-refractivity contribution in [3.8, 4) is 0 Å². The van der Waals surface area contributed by atoms with Crippen molar-refractivity contribution in [2.24, 2.45) is 0 Å². The number of nitrogens with one attached hydrogen (secondary N) is 1. The van der Waals surface area contributed by atoms with Crippen LogP contribution in [0.3, 0.4) is 0 Å². The average molecular weight is 242 g/mol. The summed E-state index contributed by atoms with van der Waals surface area (Å²) < 4.78 is 26.4. The molecule has 92 valence electrons. The lowest BCUT2D eigenvalue weighted by molar-refractivity contribution is -0.387. The molecular weight excluding hydrogens is 230 g/mol. The fourth-order valence-corrected chi connectivity index (χ4v) is 2.12. The van der Waals surface area contributed by atoms with Crippen LogP contribution in [-0.4, -0.2) is 18.0 Å². The molecule has 1 saturated heterocycles. The van der Waals surface area contributed by atoms with E-state index in [4.69, 9.17) is 0 Å². The molecule has 0 unspecified atom stereocenters. The maximum atomic E-state index is 13.3. The van der Waals surface area contributed by atoms with Gasteiger partial charge in [0.1, 0.15) is 0 Å². The quantitative estimate of drug-likeness (QED) is 0.639. The van der Waals surface area contributed by atoms with E-state index in [0.717, 1.165) is 38.1 Å². The van der Waals surface area contributed by atoms with Gasteiger partial charge in [-0.25, -0.2) is 4.39 Å². The summed E-state index contributed by atoms with van der Waals surface area (Å²) in [4.78, 5) is 9.71. The minimum absolute atomic E-state index is 0.0602. The highest BCUT2D eigenvalue weighted by Gasteiger charge is 2.24. The van der Waals surface area contributed by atoms with Crippen molar-refractivity contribution in [2.45, 2.75) is 18.8 Å². The topological polar surface area (TPSA) is 55.2 Å². The first-order valence-corrected chi connectivity index (χ1v) is 5.43. The number of nitro groups is 1. The zero-order valence-corrected chi connectivity index (χ0v) is 9.08. The molecule has 17 heavy (non-hydrogen) atoms. The van der Waals surface area contributed by atoms with Crippen LogP contribution >= 0.6 is 0 Å². The summed E-state index contributed by atoms with van der Waals surface area (Å²) in [6, 6.07) is 2.22. The first-order valence-electron chi connectivity index (χ1n) is 5.43. The molecule has 2 rings (SSSR count). The monoisotopic (exact) mass is 242 g/mol. The molecule has 0 bridgehead atoms. The second kappa shape index (κ2) is 4.75. The maximum Gasteiger partial charge on any atom is 0.308 e. The molecular formula is C11H12F2N2O2. The van der Waals surface area contributed by atoms with E-state index in [2.05, 4.69) is 5.32 Å². The Morgan fingerprint density at radius 2 is 1.94 bits per heavy atom. The molecule has 6 heteroatoms. The van der Waals surface area contributed by atoms with Crippen LogP contribution < -0.4 is 5.32 Å². The Bertz CT molecular complexity index is 445. The van der Waals surface area contributed by atoms with Gasteiger partial charge in [-0.2, -0.15) is 4.39 Å². The van der Waals surface area contributed by atoms with Crippen molar-refractivity contribution in [2.75, 3.05) is 13.1 Å². The van der Waals surface area contributed by atoms with E-state index >= 15 is 0 Å². The van der Waals surface area contributed by atoms with Gasteiger partial charge in [-0.05, 0) is 43.5 Å². The van der Waals surface area contributed by atoms with E-state index in [-0.39, 0.29) is 5.92 Å². The van der Waals surface area contributed by atoms with E-state index < -0.39 is 22.2 Å². The predicted octanol–water partition coefficient (Wildman–Crippen LogP) is 2.34. The molecule has 1 N–H and O–H groups in total. The molecule has 1 aromatic rings. The Labute approximate surface area is 96.8 Å². The Morgan fingerprint density at radius 1 is 1.29 bits per heavy atom. The minimum Gasteiger partial charge on any atom is -0.317 e. The highest BCUT2D eigenvalue weighted by Crippen LogP contribution is 2.30. The smallest absolute Gasteiger partial charge is 0.308 e. The van der Waals surface area contributed by atoms with Crippen LogP contribution in [0.5, 0.6) is 0 Å². The molecule has 0 aromatic heterocycles. The first-order chi connectivity index (χ1) is 8.09. The van der Waals surface area contributed by atoms with E-state index in [9.17, 15) is 18.9 Å². The van der Waals surface area contributed by atoms with E-state index in [1.165, 1.54) is 0 Å². The predicted molar refractivity (Wildman–Crippen MR) is 57.9 cm³/mol. The van der Waals surface area contributed by atoms with Gasteiger partial charge in [0.15, 0.2) is 5.82 Å². The van der Waals surface area contributed by atoms with Gasteiger partial charge in [0.05, 0.1) is 4.92 Å². The zero-order chi connectivity index (χ0) is 12.4. The van der Waals surface area contributed by atoms with Crippen molar-refractivity contribution < 1.29 is 13.7 Å². The summed E-state index contributed by atoms with van der Waals surface area (Å²) in [6.45, 7) is 1.58. The first kappa shape index (κ1) is 11.9. The Morgan fingerprint density at radius 3 is 2.53 bits per heavy atom. The number of hydrogen-bond donors (Lipinski definition) is 1. The van der Waals surface area contributed by atoms with Crippen LogP contribution in [0.15, 0.2) is 12.1 Å². The summed E-state index contributed by atoms with van der Waals surface area (Å²) in [5.41, 5.74) is -0.268. The second-order valence-electron chi connectivity index (χ2n) is 4.12. The number of benzene rings is 1. The Hall–Kier alpha value is -1.56.